The zero-order valence-corrected chi connectivity index (χ0v) is 20.0. The molecule has 2 aromatic carbocycles. The van der Waals surface area contributed by atoms with E-state index in [1.54, 1.807) is 14.0 Å². The van der Waals surface area contributed by atoms with Crippen LogP contribution in [0, 0.1) is 5.92 Å². The molecule has 2 aromatic rings. The third-order valence-corrected chi connectivity index (χ3v) is 7.70. The zero-order valence-electron chi connectivity index (χ0n) is 20.0. The number of amides is 2. The minimum Gasteiger partial charge on any atom is -0.497 e. The Morgan fingerprint density at radius 3 is 2.12 bits per heavy atom. The predicted octanol–water partition coefficient (Wildman–Crippen LogP) is 4.45. The zero-order chi connectivity index (χ0) is 23.3. The molecule has 0 aliphatic carbocycles. The second kappa shape index (κ2) is 10.4. The van der Waals surface area contributed by atoms with Gasteiger partial charge in [-0.2, -0.15) is 0 Å². The first kappa shape index (κ1) is 23.3. The lowest BCUT2D eigenvalue weighted by Crippen LogP contribution is -2.55. The van der Waals surface area contributed by atoms with E-state index in [0.29, 0.717) is 31.8 Å². The van der Waals surface area contributed by atoms with Gasteiger partial charge in [0.15, 0.2) is 0 Å². The van der Waals surface area contributed by atoms with E-state index >= 15 is 0 Å². The van der Waals surface area contributed by atoms with Gasteiger partial charge in [-0.15, -0.1) is 0 Å². The molecule has 0 radical (unpaired) electrons. The molecule has 0 spiro atoms. The summed E-state index contributed by atoms with van der Waals surface area (Å²) in [6.07, 6.45) is 5.75. The number of aryl methyl sites for hydroxylation is 1. The molecular formula is C28H36N2O3. The fourth-order valence-electron chi connectivity index (χ4n) is 5.48. The van der Waals surface area contributed by atoms with Gasteiger partial charge in [-0.25, -0.2) is 0 Å². The number of nitrogens with zero attached hydrogens (tertiary/aromatic N) is 2. The molecule has 0 N–H and O–H groups in total. The lowest BCUT2D eigenvalue weighted by molar-refractivity contribution is -0.143. The molecule has 2 saturated heterocycles. The molecule has 0 saturated carbocycles. The Labute approximate surface area is 197 Å². The van der Waals surface area contributed by atoms with Crippen molar-refractivity contribution in [2.75, 3.05) is 33.3 Å². The SMILES string of the molecule is COc1ccc(CCC2CCN(C(=O)C3(c4ccccc4)CCN(C(C)=O)CC3)CC2)cc1. The molecule has 2 amide bonds. The Bertz CT molecular complexity index is 925. The Morgan fingerprint density at radius 2 is 1.55 bits per heavy atom. The number of likely N-dealkylation sites (tertiary alicyclic amines) is 2. The Kier molecular flexibility index (Phi) is 7.36. The van der Waals surface area contributed by atoms with Gasteiger partial charge in [0.2, 0.25) is 11.8 Å². The monoisotopic (exact) mass is 448 g/mol. The van der Waals surface area contributed by atoms with Crippen LogP contribution in [0.15, 0.2) is 54.6 Å². The largest absolute Gasteiger partial charge is 0.497 e. The van der Waals surface area contributed by atoms with Gasteiger partial charge in [0.1, 0.15) is 5.75 Å². The average Bonchev–Trinajstić information content (AvgIpc) is 2.88. The first-order valence-electron chi connectivity index (χ1n) is 12.3. The molecule has 33 heavy (non-hydrogen) atoms. The highest BCUT2D eigenvalue weighted by molar-refractivity contribution is 5.89. The summed E-state index contributed by atoms with van der Waals surface area (Å²) >= 11 is 0. The number of benzene rings is 2. The van der Waals surface area contributed by atoms with Gasteiger partial charge in [0.25, 0.3) is 0 Å². The second-order valence-electron chi connectivity index (χ2n) is 9.58. The van der Waals surface area contributed by atoms with Crippen molar-refractivity contribution in [2.45, 2.75) is 50.9 Å². The molecule has 5 nitrogen and oxygen atoms in total. The smallest absolute Gasteiger partial charge is 0.233 e. The summed E-state index contributed by atoms with van der Waals surface area (Å²) in [6.45, 7) is 4.57. The van der Waals surface area contributed by atoms with E-state index in [1.165, 1.54) is 5.56 Å². The maximum absolute atomic E-state index is 13.9. The van der Waals surface area contributed by atoms with Crippen molar-refractivity contribution in [1.29, 1.82) is 0 Å². The predicted molar refractivity (Wildman–Crippen MR) is 130 cm³/mol. The number of rotatable bonds is 6. The fourth-order valence-corrected chi connectivity index (χ4v) is 5.48. The van der Waals surface area contributed by atoms with Gasteiger partial charge in [0, 0.05) is 33.1 Å². The number of hydrogen-bond acceptors (Lipinski definition) is 3. The lowest BCUT2D eigenvalue weighted by Gasteiger charge is -2.45. The number of carbonyl (C=O) groups is 2. The average molecular weight is 449 g/mol. The summed E-state index contributed by atoms with van der Waals surface area (Å²) in [7, 11) is 1.69. The molecule has 2 heterocycles. The highest BCUT2D eigenvalue weighted by Gasteiger charge is 2.45. The van der Waals surface area contributed by atoms with Crippen molar-refractivity contribution in [2.24, 2.45) is 5.92 Å². The first-order chi connectivity index (χ1) is 16.0. The van der Waals surface area contributed by atoms with E-state index in [4.69, 9.17) is 4.74 Å². The summed E-state index contributed by atoms with van der Waals surface area (Å²) < 4.78 is 5.25. The molecule has 0 atom stereocenters. The lowest BCUT2D eigenvalue weighted by atomic mass is 9.71. The van der Waals surface area contributed by atoms with E-state index in [1.807, 2.05) is 35.2 Å². The third-order valence-electron chi connectivity index (χ3n) is 7.70. The molecule has 0 unspecified atom stereocenters. The van der Waals surface area contributed by atoms with E-state index in [-0.39, 0.29) is 11.8 Å². The van der Waals surface area contributed by atoms with E-state index in [2.05, 4.69) is 29.2 Å². The van der Waals surface area contributed by atoms with Crippen LogP contribution in [-0.4, -0.2) is 54.9 Å². The van der Waals surface area contributed by atoms with Crippen LogP contribution in [0.1, 0.15) is 50.2 Å². The fraction of sp³-hybridized carbons (Fsp3) is 0.500. The van der Waals surface area contributed by atoms with Crippen molar-refractivity contribution in [3.05, 3.63) is 65.7 Å². The normalized spacial score (nSPS) is 18.7. The van der Waals surface area contributed by atoms with Crippen LogP contribution in [0.25, 0.3) is 0 Å². The molecule has 2 aliphatic heterocycles. The maximum atomic E-state index is 13.9. The molecule has 2 aliphatic rings. The van der Waals surface area contributed by atoms with Gasteiger partial charge < -0.3 is 14.5 Å². The van der Waals surface area contributed by atoms with Gasteiger partial charge >= 0.3 is 0 Å². The summed E-state index contributed by atoms with van der Waals surface area (Å²) in [5, 5.41) is 0. The highest BCUT2D eigenvalue weighted by Crippen LogP contribution is 2.38. The van der Waals surface area contributed by atoms with Gasteiger partial charge in [0.05, 0.1) is 12.5 Å². The number of piperidine rings is 2. The van der Waals surface area contributed by atoms with E-state index in [0.717, 1.165) is 50.1 Å². The Balaban J connectivity index is 1.37. The number of methoxy groups -OCH3 is 1. The molecular weight excluding hydrogens is 412 g/mol. The van der Waals surface area contributed by atoms with Crippen LogP contribution >= 0.6 is 0 Å². The maximum Gasteiger partial charge on any atom is 0.233 e. The summed E-state index contributed by atoms with van der Waals surface area (Å²) in [6, 6.07) is 18.6. The minimum absolute atomic E-state index is 0.0989. The number of carbonyl (C=O) groups excluding carboxylic acids is 2. The number of hydrogen-bond donors (Lipinski definition) is 0. The van der Waals surface area contributed by atoms with Gasteiger partial charge in [-0.05, 0) is 67.7 Å². The molecule has 176 valence electrons. The van der Waals surface area contributed by atoms with Crippen molar-refractivity contribution < 1.29 is 14.3 Å². The quantitative estimate of drug-likeness (QED) is 0.656. The van der Waals surface area contributed by atoms with Gasteiger partial charge in [-0.1, -0.05) is 42.5 Å². The van der Waals surface area contributed by atoms with Crippen molar-refractivity contribution >= 4 is 11.8 Å². The summed E-state index contributed by atoms with van der Waals surface area (Å²) in [4.78, 5) is 29.8. The van der Waals surface area contributed by atoms with Crippen LogP contribution in [0.4, 0.5) is 0 Å². The summed E-state index contributed by atoms with van der Waals surface area (Å²) in [5.74, 6) is 1.91. The van der Waals surface area contributed by atoms with E-state index in [9.17, 15) is 9.59 Å². The molecule has 0 bridgehead atoms. The standard InChI is InChI=1S/C28H36N2O3/c1-22(31)29-20-16-28(17-21-29,25-6-4-3-5-7-25)27(32)30-18-14-24(15-19-30)9-8-23-10-12-26(33-2)13-11-23/h3-7,10-13,24H,8-9,14-21H2,1-2H3. The van der Waals surface area contributed by atoms with Crippen molar-refractivity contribution in [1.82, 2.24) is 9.80 Å². The van der Waals surface area contributed by atoms with Crippen molar-refractivity contribution in [3.63, 3.8) is 0 Å². The molecule has 5 heteroatoms. The Morgan fingerprint density at radius 1 is 0.909 bits per heavy atom. The molecule has 4 rings (SSSR count). The van der Waals surface area contributed by atoms with E-state index < -0.39 is 5.41 Å². The Hall–Kier alpha value is -2.82. The molecule has 0 aromatic heterocycles. The topological polar surface area (TPSA) is 49.9 Å². The van der Waals surface area contributed by atoms with Crippen LogP contribution in [0.3, 0.4) is 0 Å². The van der Waals surface area contributed by atoms with Gasteiger partial charge in [-0.3, -0.25) is 9.59 Å². The van der Waals surface area contributed by atoms with Crippen molar-refractivity contribution in [3.8, 4) is 5.75 Å². The highest BCUT2D eigenvalue weighted by atomic mass is 16.5. The van der Waals surface area contributed by atoms with Crippen LogP contribution < -0.4 is 4.74 Å². The van der Waals surface area contributed by atoms with Crippen LogP contribution in [0.5, 0.6) is 5.75 Å². The number of ether oxygens (including phenoxy) is 1. The molecule has 2 fully saturated rings. The van der Waals surface area contributed by atoms with Crippen LogP contribution in [0.2, 0.25) is 0 Å². The second-order valence-corrected chi connectivity index (χ2v) is 9.58. The minimum atomic E-state index is -0.511. The first-order valence-corrected chi connectivity index (χ1v) is 12.3. The summed E-state index contributed by atoms with van der Waals surface area (Å²) in [5.41, 5.74) is 1.93. The third kappa shape index (κ3) is 5.23. The van der Waals surface area contributed by atoms with Crippen LogP contribution in [-0.2, 0) is 21.4 Å².